The van der Waals surface area contributed by atoms with Crippen molar-refractivity contribution in [1.29, 1.82) is 0 Å². The largest absolute Gasteiger partial charge is 0.493 e. The summed E-state index contributed by atoms with van der Waals surface area (Å²) in [5, 5.41) is 30.0. The molecule has 2 aliphatic heterocycles. The zero-order valence-corrected chi connectivity index (χ0v) is 17.4. The first-order chi connectivity index (χ1) is 14.5. The van der Waals surface area contributed by atoms with Crippen LogP contribution in [0.25, 0.3) is 0 Å². The predicted octanol–water partition coefficient (Wildman–Crippen LogP) is 2.94. The van der Waals surface area contributed by atoms with Crippen LogP contribution in [0.4, 0.5) is 0 Å². The smallest absolute Gasteiger partial charge is 0.126 e. The molecule has 5 nitrogen and oxygen atoms in total. The quantitative estimate of drug-likeness (QED) is 0.706. The van der Waals surface area contributed by atoms with Gasteiger partial charge in [-0.1, -0.05) is 30.3 Å². The third-order valence-electron chi connectivity index (χ3n) is 6.89. The average molecular weight is 411 g/mol. The Morgan fingerprint density at radius 2 is 1.87 bits per heavy atom. The zero-order chi connectivity index (χ0) is 20.8. The number of benzene rings is 2. The van der Waals surface area contributed by atoms with Gasteiger partial charge in [-0.15, -0.1) is 0 Å². The van der Waals surface area contributed by atoms with Crippen molar-refractivity contribution in [3.05, 3.63) is 63.7 Å². The number of hydrogen-bond donors (Lipinski definition) is 3. The van der Waals surface area contributed by atoms with Crippen LogP contribution in [0.5, 0.6) is 5.75 Å². The van der Waals surface area contributed by atoms with Gasteiger partial charge in [-0.25, -0.2) is 0 Å². The summed E-state index contributed by atoms with van der Waals surface area (Å²) in [5.74, 6) is 1.69. The fraction of sp³-hybridized carbons (Fsp3) is 0.520. The molecular weight excluding hydrogens is 380 g/mol. The number of rotatable bonds is 5. The van der Waals surface area contributed by atoms with E-state index < -0.39 is 18.3 Å². The highest BCUT2D eigenvalue weighted by Crippen LogP contribution is 2.43. The maximum atomic E-state index is 10.3. The van der Waals surface area contributed by atoms with E-state index in [9.17, 15) is 15.3 Å². The molecule has 0 amide bonds. The third-order valence-corrected chi connectivity index (χ3v) is 6.89. The van der Waals surface area contributed by atoms with Gasteiger partial charge in [0.1, 0.15) is 18.0 Å². The van der Waals surface area contributed by atoms with Crippen LogP contribution in [0.1, 0.15) is 64.7 Å². The fourth-order valence-corrected chi connectivity index (χ4v) is 4.91. The minimum absolute atomic E-state index is 0.308. The number of aliphatic hydroxyl groups is 3. The van der Waals surface area contributed by atoms with Crippen molar-refractivity contribution in [2.45, 2.75) is 69.4 Å². The molecule has 2 aromatic carbocycles. The van der Waals surface area contributed by atoms with Crippen LogP contribution >= 0.6 is 0 Å². The van der Waals surface area contributed by atoms with Gasteiger partial charge in [-0.05, 0) is 59.9 Å². The van der Waals surface area contributed by atoms with Gasteiger partial charge in [0.2, 0.25) is 0 Å². The van der Waals surface area contributed by atoms with E-state index in [1.807, 2.05) is 0 Å². The van der Waals surface area contributed by atoms with Gasteiger partial charge in [0, 0.05) is 18.4 Å². The molecule has 5 rings (SSSR count). The minimum Gasteiger partial charge on any atom is -0.493 e. The standard InChI is InChI=1S/C25H30O5/c1-14-18(10-15-2-4-16(5-3-15)17-6-7-17)11-20(19-8-9-29-25(14)19)22-12-21(27)24(28)23(13-26)30-22/h2-5,11,17,21-24,26-28H,6-10,12-13H2,1H3/t21?,22?,23?,24-/m0/s1. The Morgan fingerprint density at radius 3 is 2.57 bits per heavy atom. The van der Waals surface area contributed by atoms with Gasteiger partial charge < -0.3 is 24.8 Å². The van der Waals surface area contributed by atoms with Crippen molar-refractivity contribution in [3.8, 4) is 5.75 Å². The monoisotopic (exact) mass is 410 g/mol. The molecule has 3 aliphatic rings. The van der Waals surface area contributed by atoms with Crippen LogP contribution in [0.15, 0.2) is 30.3 Å². The van der Waals surface area contributed by atoms with E-state index in [1.165, 1.54) is 29.5 Å². The zero-order valence-electron chi connectivity index (χ0n) is 17.4. The first-order valence-corrected chi connectivity index (χ1v) is 11.0. The Hall–Kier alpha value is -1.92. The summed E-state index contributed by atoms with van der Waals surface area (Å²) in [6.45, 7) is 2.43. The summed E-state index contributed by atoms with van der Waals surface area (Å²) < 4.78 is 12.0. The van der Waals surface area contributed by atoms with Crippen LogP contribution in [0, 0.1) is 6.92 Å². The summed E-state index contributed by atoms with van der Waals surface area (Å²) in [7, 11) is 0. The summed E-state index contributed by atoms with van der Waals surface area (Å²) in [6.07, 6.45) is 1.41. The Bertz CT molecular complexity index is 918. The molecule has 30 heavy (non-hydrogen) atoms. The molecule has 2 fully saturated rings. The molecule has 5 heteroatoms. The van der Waals surface area contributed by atoms with Crippen LogP contribution in [-0.2, 0) is 17.6 Å². The molecule has 4 atom stereocenters. The third kappa shape index (κ3) is 3.65. The molecule has 3 N–H and O–H groups in total. The van der Waals surface area contributed by atoms with E-state index in [0.29, 0.717) is 13.0 Å². The van der Waals surface area contributed by atoms with Crippen molar-refractivity contribution >= 4 is 0 Å². The lowest BCUT2D eigenvalue weighted by Gasteiger charge is -2.37. The van der Waals surface area contributed by atoms with Gasteiger partial charge in [0.25, 0.3) is 0 Å². The summed E-state index contributed by atoms with van der Waals surface area (Å²) >= 11 is 0. The summed E-state index contributed by atoms with van der Waals surface area (Å²) in [5.41, 5.74) is 7.20. The van der Waals surface area contributed by atoms with E-state index in [0.717, 1.165) is 41.2 Å². The molecule has 2 aromatic rings. The van der Waals surface area contributed by atoms with Gasteiger partial charge in [-0.3, -0.25) is 0 Å². The number of aliphatic hydroxyl groups excluding tert-OH is 3. The van der Waals surface area contributed by atoms with Crippen molar-refractivity contribution in [1.82, 2.24) is 0 Å². The van der Waals surface area contributed by atoms with Crippen molar-refractivity contribution in [2.75, 3.05) is 13.2 Å². The minimum atomic E-state index is -1.06. The lowest BCUT2D eigenvalue weighted by molar-refractivity contribution is -0.181. The summed E-state index contributed by atoms with van der Waals surface area (Å²) in [4.78, 5) is 0. The maximum absolute atomic E-state index is 10.3. The van der Waals surface area contributed by atoms with Crippen LogP contribution < -0.4 is 4.74 Å². The second-order valence-corrected chi connectivity index (χ2v) is 8.99. The lowest BCUT2D eigenvalue weighted by atomic mass is 9.87. The predicted molar refractivity (Wildman–Crippen MR) is 113 cm³/mol. The first kappa shape index (κ1) is 20.0. The number of hydrogen-bond acceptors (Lipinski definition) is 5. The first-order valence-electron chi connectivity index (χ1n) is 11.0. The average Bonchev–Trinajstić information content (AvgIpc) is 3.48. The van der Waals surface area contributed by atoms with E-state index in [1.54, 1.807) is 0 Å². The van der Waals surface area contributed by atoms with Crippen LogP contribution in [0.2, 0.25) is 0 Å². The second kappa shape index (κ2) is 7.97. The number of fused-ring (bicyclic) bond motifs is 1. The molecule has 3 unspecified atom stereocenters. The van der Waals surface area contributed by atoms with E-state index in [4.69, 9.17) is 9.47 Å². The molecule has 1 aliphatic carbocycles. The van der Waals surface area contributed by atoms with Gasteiger partial charge in [0.05, 0.1) is 25.4 Å². The van der Waals surface area contributed by atoms with Gasteiger partial charge in [-0.2, -0.15) is 0 Å². The molecule has 1 saturated heterocycles. The van der Waals surface area contributed by atoms with E-state index in [2.05, 4.69) is 37.3 Å². The normalized spacial score (nSPS) is 28.3. The lowest BCUT2D eigenvalue weighted by Crippen LogP contribution is -2.47. The topological polar surface area (TPSA) is 79.2 Å². The molecule has 1 saturated carbocycles. The van der Waals surface area contributed by atoms with Crippen molar-refractivity contribution in [2.24, 2.45) is 0 Å². The highest BCUT2D eigenvalue weighted by molar-refractivity contribution is 5.54. The molecular formula is C25H30O5. The molecule has 0 aromatic heterocycles. The van der Waals surface area contributed by atoms with Crippen LogP contribution in [0.3, 0.4) is 0 Å². The SMILES string of the molecule is Cc1c(Cc2ccc(C3CC3)cc2)cc(C2CC(O)[C@H](O)C(CO)O2)c2c1OCC2. The fourth-order valence-electron chi connectivity index (χ4n) is 4.91. The number of ether oxygens (including phenoxy) is 2. The summed E-state index contributed by atoms with van der Waals surface area (Å²) in [6, 6.07) is 11.1. The Labute approximate surface area is 177 Å². The second-order valence-electron chi connectivity index (χ2n) is 8.99. The van der Waals surface area contributed by atoms with Gasteiger partial charge >= 0.3 is 0 Å². The Balaban J connectivity index is 1.47. The molecule has 2 heterocycles. The molecule has 0 bridgehead atoms. The van der Waals surface area contributed by atoms with Crippen molar-refractivity contribution < 1.29 is 24.8 Å². The van der Waals surface area contributed by atoms with Crippen molar-refractivity contribution in [3.63, 3.8) is 0 Å². The van der Waals surface area contributed by atoms with E-state index in [-0.39, 0.29) is 12.7 Å². The Morgan fingerprint density at radius 1 is 1.10 bits per heavy atom. The molecule has 0 spiro atoms. The van der Waals surface area contributed by atoms with Gasteiger partial charge in [0.15, 0.2) is 0 Å². The molecule has 160 valence electrons. The highest BCUT2D eigenvalue weighted by Gasteiger charge is 2.39. The maximum Gasteiger partial charge on any atom is 0.126 e. The van der Waals surface area contributed by atoms with E-state index >= 15 is 0 Å². The Kier molecular flexibility index (Phi) is 5.31. The van der Waals surface area contributed by atoms with Crippen LogP contribution in [-0.4, -0.2) is 46.8 Å². The highest BCUT2D eigenvalue weighted by atomic mass is 16.5. The molecule has 0 radical (unpaired) electrons.